The van der Waals surface area contributed by atoms with E-state index in [9.17, 15) is 24.6 Å². The number of Topliss-reactive ketones (excluding diaryl/α,β-unsaturated/α-hetero) is 1. The summed E-state index contributed by atoms with van der Waals surface area (Å²) in [6, 6.07) is 9.00. The van der Waals surface area contributed by atoms with E-state index in [4.69, 9.17) is 28.4 Å². The summed E-state index contributed by atoms with van der Waals surface area (Å²) < 4.78 is 38.8. The van der Waals surface area contributed by atoms with Crippen LogP contribution in [0, 0.1) is 23.7 Å². The van der Waals surface area contributed by atoms with Crippen molar-refractivity contribution in [2.45, 2.75) is 160 Å². The largest absolute Gasteiger partial charge is 0.458 e. The fourth-order valence-electron chi connectivity index (χ4n) is 9.57. The van der Waals surface area contributed by atoms with Crippen molar-refractivity contribution < 1.29 is 53.0 Å². The lowest BCUT2D eigenvalue weighted by atomic mass is 9.73. The number of hydrogen-bond acceptors (Lipinski definition) is 12. The van der Waals surface area contributed by atoms with E-state index in [-0.39, 0.29) is 37.6 Å². The van der Waals surface area contributed by atoms with Crippen molar-refractivity contribution in [1.82, 2.24) is 10.2 Å². The van der Waals surface area contributed by atoms with Gasteiger partial charge in [0.2, 0.25) is 0 Å². The van der Waals surface area contributed by atoms with Crippen LogP contribution in [0.5, 0.6) is 0 Å². The summed E-state index contributed by atoms with van der Waals surface area (Å²) in [4.78, 5) is 43.6. The number of esters is 1. The summed E-state index contributed by atoms with van der Waals surface area (Å²) in [7, 11) is 3.80. The van der Waals surface area contributed by atoms with Gasteiger partial charge in [-0.25, -0.2) is 4.79 Å². The van der Waals surface area contributed by atoms with E-state index in [1.54, 1.807) is 20.8 Å². The van der Waals surface area contributed by atoms with Crippen molar-refractivity contribution in [2.24, 2.45) is 23.7 Å². The molecule has 0 aromatic heterocycles. The van der Waals surface area contributed by atoms with Gasteiger partial charge in [0.05, 0.1) is 49.1 Å². The van der Waals surface area contributed by atoms with Gasteiger partial charge in [-0.05, 0) is 85.9 Å². The Kier molecular flexibility index (Phi) is 13.8. The average Bonchev–Trinajstić information content (AvgIpc) is 3.47. The Labute approximate surface area is 327 Å². The number of hydrogen-bond donors (Lipinski definition) is 3. The van der Waals surface area contributed by atoms with Gasteiger partial charge in [-0.1, -0.05) is 58.0 Å². The maximum Gasteiger partial charge on any atom is 0.408 e. The van der Waals surface area contributed by atoms with Crippen molar-refractivity contribution in [3.8, 4) is 0 Å². The molecule has 1 unspecified atom stereocenters. The topological polar surface area (TPSA) is 162 Å². The Bertz CT molecular complexity index is 1480. The predicted octanol–water partition coefficient (Wildman–Crippen LogP) is 4.43. The normalized spacial score (nSPS) is 43.3. The fourth-order valence-corrected chi connectivity index (χ4v) is 9.57. The molecule has 55 heavy (non-hydrogen) atoms. The molecule has 0 saturated carbocycles. The van der Waals surface area contributed by atoms with E-state index >= 15 is 0 Å². The number of aryl methyl sites for hydroxylation is 1. The van der Waals surface area contributed by atoms with Crippen LogP contribution in [0.4, 0.5) is 4.79 Å². The summed E-state index contributed by atoms with van der Waals surface area (Å²) >= 11 is 0. The van der Waals surface area contributed by atoms with E-state index < -0.39 is 89.3 Å². The third-order valence-electron chi connectivity index (χ3n) is 12.8. The van der Waals surface area contributed by atoms with Crippen LogP contribution >= 0.6 is 0 Å². The minimum absolute atomic E-state index is 0.135. The summed E-state index contributed by atoms with van der Waals surface area (Å²) in [5.74, 6) is -3.58. The lowest BCUT2D eigenvalue weighted by molar-refractivity contribution is -0.303. The molecule has 4 fully saturated rings. The summed E-state index contributed by atoms with van der Waals surface area (Å²) in [6.07, 6.45) is -2.88. The Balaban J connectivity index is 1.60. The molecule has 4 saturated heterocycles. The molecule has 0 aliphatic carbocycles. The van der Waals surface area contributed by atoms with Crippen molar-refractivity contribution in [3.05, 3.63) is 35.9 Å². The van der Waals surface area contributed by atoms with Crippen LogP contribution in [-0.2, 0) is 44.4 Å². The van der Waals surface area contributed by atoms with Gasteiger partial charge in [0.15, 0.2) is 11.9 Å². The Hall–Kier alpha value is -2.65. The van der Waals surface area contributed by atoms with Gasteiger partial charge in [-0.2, -0.15) is 0 Å². The lowest BCUT2D eigenvalue weighted by Crippen LogP contribution is -2.60. The number of nitrogens with zero attached hydrogens (tertiary/aromatic N) is 1. The molecule has 3 N–H and O–H groups in total. The van der Waals surface area contributed by atoms with E-state index in [0.29, 0.717) is 25.7 Å². The van der Waals surface area contributed by atoms with Crippen LogP contribution in [0.25, 0.3) is 0 Å². The molecule has 1 amide bonds. The molecule has 310 valence electrons. The zero-order valence-electron chi connectivity index (χ0n) is 34.5. The number of alkyl carbamates (subject to hydrolysis) is 1. The zero-order chi connectivity index (χ0) is 40.5. The Morgan fingerprint density at radius 1 is 1.00 bits per heavy atom. The first-order valence-electron chi connectivity index (χ1n) is 20.2. The highest BCUT2D eigenvalue weighted by molar-refractivity contribution is 5.85. The number of amides is 1. The van der Waals surface area contributed by atoms with Crippen LogP contribution in [-0.4, -0.2) is 126 Å². The van der Waals surface area contributed by atoms with Gasteiger partial charge >= 0.3 is 12.1 Å². The fraction of sp³-hybridized carbons (Fsp3) is 0.786. The van der Waals surface area contributed by atoms with E-state index in [0.717, 1.165) is 12.0 Å². The number of carbonyl (C=O) groups is 3. The highest BCUT2D eigenvalue weighted by Gasteiger charge is 2.58. The molecule has 4 aliphatic heterocycles. The van der Waals surface area contributed by atoms with E-state index in [1.807, 2.05) is 83.9 Å². The Morgan fingerprint density at radius 2 is 1.69 bits per heavy atom. The first-order valence-corrected chi connectivity index (χ1v) is 20.2. The molecule has 1 aromatic carbocycles. The summed E-state index contributed by atoms with van der Waals surface area (Å²) in [5.41, 5.74) is -2.91. The van der Waals surface area contributed by atoms with Crippen LogP contribution < -0.4 is 5.32 Å². The first-order chi connectivity index (χ1) is 25.8. The second-order valence-electron chi connectivity index (χ2n) is 17.5. The molecule has 5 rings (SSSR count). The highest BCUT2D eigenvalue weighted by Crippen LogP contribution is 2.43. The molecule has 1 aromatic rings. The number of cyclic esters (lactones) is 1. The summed E-state index contributed by atoms with van der Waals surface area (Å²) in [6.45, 7) is 14.3. The molecular formula is C42H66N2O11. The molecule has 15 atom stereocenters. The average molecular weight is 775 g/mol. The first kappa shape index (κ1) is 43.5. The molecule has 0 spiro atoms. The zero-order valence-corrected chi connectivity index (χ0v) is 34.5. The number of rotatable bonds is 8. The third kappa shape index (κ3) is 9.40. The molecule has 2 bridgehead atoms. The van der Waals surface area contributed by atoms with Gasteiger partial charge in [0.1, 0.15) is 23.6 Å². The maximum atomic E-state index is 14.5. The van der Waals surface area contributed by atoms with Gasteiger partial charge in [-0.15, -0.1) is 0 Å². The standard InChI is InChI=1S/C42H66N2O11/c1-11-31-41(8)35(43-39(48)55-41)26(4)32(45)24(2)21-40(7)36(54-38-33(46)30(44(9)10)20-25(3)52-38)27(5)34(28(6)37(47)53-31)50-22-42(49,23-51-40)19-15-18-29-16-13-12-14-17-29/h12-14,16-17,24-28,30-31,33-36,38,46,49H,11,15,18-23H2,1-10H3,(H,43,48)/t24-,25-,26+,27-,28-,30+,31-,33-,34+,35+,36-,38+,40-,41-,42?/m1/s1. The minimum Gasteiger partial charge on any atom is -0.458 e. The van der Waals surface area contributed by atoms with Crippen molar-refractivity contribution in [2.75, 3.05) is 27.3 Å². The number of carbonyl (C=O) groups excluding carboxylic acids is 3. The number of aliphatic hydroxyl groups excluding tert-OH is 1. The molecule has 4 aliphatic rings. The number of ketones is 1. The van der Waals surface area contributed by atoms with Crippen LogP contribution in [0.2, 0.25) is 0 Å². The second-order valence-corrected chi connectivity index (χ2v) is 17.5. The monoisotopic (exact) mass is 774 g/mol. The van der Waals surface area contributed by atoms with Crippen LogP contribution in [0.3, 0.4) is 0 Å². The number of aliphatic hydroxyl groups is 2. The molecule has 13 heteroatoms. The lowest BCUT2D eigenvalue weighted by Gasteiger charge is -2.48. The smallest absolute Gasteiger partial charge is 0.408 e. The van der Waals surface area contributed by atoms with Crippen LogP contribution in [0.1, 0.15) is 93.1 Å². The molecule has 4 heterocycles. The number of benzene rings is 1. The molecular weight excluding hydrogens is 708 g/mol. The SMILES string of the molecule is CC[C@H]1OC(=O)[C@H](C)[C@H]2OCC(O)(CCCc3ccccc3)CO[C@](C)(C[C@@H](C)C(=O)[C@H](C)[C@@H]3NC(=O)O[C@]13C)[C@H](O[C@@H]1O[C@H](C)C[C@H](N(C)C)[C@H]1O)[C@@H]2C. The van der Waals surface area contributed by atoms with Gasteiger partial charge in [-0.3, -0.25) is 9.59 Å². The van der Waals surface area contributed by atoms with Crippen molar-refractivity contribution in [3.63, 3.8) is 0 Å². The molecule has 0 radical (unpaired) electrons. The van der Waals surface area contributed by atoms with Gasteiger partial charge in [0, 0.05) is 23.8 Å². The molecule has 13 nitrogen and oxygen atoms in total. The number of likely N-dealkylation sites (N-methyl/N-ethyl adjacent to an activating group) is 1. The maximum absolute atomic E-state index is 14.5. The summed E-state index contributed by atoms with van der Waals surface area (Å²) in [5, 5.41) is 26.8. The van der Waals surface area contributed by atoms with E-state index in [1.165, 1.54) is 0 Å². The minimum atomic E-state index is -1.46. The van der Waals surface area contributed by atoms with Crippen molar-refractivity contribution >= 4 is 17.8 Å². The third-order valence-corrected chi connectivity index (χ3v) is 12.8. The highest BCUT2D eigenvalue weighted by atomic mass is 16.7. The predicted molar refractivity (Wildman–Crippen MR) is 204 cm³/mol. The number of nitrogens with one attached hydrogen (secondary N) is 1. The van der Waals surface area contributed by atoms with E-state index in [2.05, 4.69) is 5.32 Å². The van der Waals surface area contributed by atoms with Crippen molar-refractivity contribution in [1.29, 1.82) is 0 Å². The van der Waals surface area contributed by atoms with Crippen LogP contribution in [0.15, 0.2) is 30.3 Å². The quantitative estimate of drug-likeness (QED) is 0.319. The van der Waals surface area contributed by atoms with Gasteiger partial charge < -0.3 is 48.9 Å². The number of fused-ring (bicyclic) bond motifs is 4. The number of ether oxygens (including phenoxy) is 6. The van der Waals surface area contributed by atoms with Gasteiger partial charge in [0.25, 0.3) is 0 Å². The Morgan fingerprint density at radius 3 is 2.35 bits per heavy atom. The second kappa shape index (κ2) is 17.5.